The van der Waals surface area contributed by atoms with Gasteiger partial charge in [0.25, 0.3) is 0 Å². The number of aromatic amines is 1. The molecule has 0 saturated heterocycles. The van der Waals surface area contributed by atoms with E-state index in [-0.39, 0.29) is 5.69 Å². The van der Waals surface area contributed by atoms with E-state index in [9.17, 15) is 9.59 Å². The lowest BCUT2D eigenvalue weighted by Crippen LogP contribution is -1.95. The Labute approximate surface area is 78.9 Å². The average molecular weight is 196 g/mol. The van der Waals surface area contributed by atoms with Crippen molar-refractivity contribution in [2.45, 2.75) is 6.92 Å². The van der Waals surface area contributed by atoms with E-state index in [0.29, 0.717) is 11.3 Å². The number of nitrogens with zero attached hydrogens (tertiary/aromatic N) is 1. The molecule has 6 nitrogen and oxygen atoms in total. The highest BCUT2D eigenvalue weighted by Crippen LogP contribution is 2.11. The van der Waals surface area contributed by atoms with Crippen LogP contribution in [-0.4, -0.2) is 32.3 Å². The van der Waals surface area contributed by atoms with Gasteiger partial charge in [-0.2, -0.15) is 5.10 Å². The van der Waals surface area contributed by atoms with E-state index in [1.807, 2.05) is 0 Å². The van der Waals surface area contributed by atoms with Crippen molar-refractivity contribution in [3.63, 3.8) is 0 Å². The molecule has 0 aliphatic rings. The molecule has 0 amide bonds. The fraction of sp³-hybridized carbons (Fsp3) is 0.125. The molecule has 1 rings (SSSR count). The maximum atomic E-state index is 10.5. The molecular formula is C8H8N2O4. The van der Waals surface area contributed by atoms with Gasteiger partial charge in [-0.3, -0.25) is 5.10 Å². The summed E-state index contributed by atoms with van der Waals surface area (Å²) >= 11 is 0. The summed E-state index contributed by atoms with van der Waals surface area (Å²) in [5, 5.41) is 22.9. The van der Waals surface area contributed by atoms with Gasteiger partial charge in [0.2, 0.25) is 0 Å². The smallest absolute Gasteiger partial charge is 0.353 e. The highest BCUT2D eigenvalue weighted by molar-refractivity contribution is 5.90. The van der Waals surface area contributed by atoms with Crippen LogP contribution in [-0.2, 0) is 4.79 Å². The van der Waals surface area contributed by atoms with Crippen molar-refractivity contribution >= 4 is 17.5 Å². The number of aromatic carboxylic acids is 1. The van der Waals surface area contributed by atoms with E-state index in [1.54, 1.807) is 0 Å². The first-order valence-electron chi connectivity index (χ1n) is 3.71. The van der Waals surface area contributed by atoms with Crippen molar-refractivity contribution in [3.8, 4) is 0 Å². The van der Waals surface area contributed by atoms with E-state index in [2.05, 4.69) is 10.2 Å². The molecule has 14 heavy (non-hydrogen) atoms. The van der Waals surface area contributed by atoms with Crippen LogP contribution in [0.4, 0.5) is 0 Å². The molecular weight excluding hydrogens is 188 g/mol. The zero-order chi connectivity index (χ0) is 10.7. The Morgan fingerprint density at radius 1 is 1.50 bits per heavy atom. The Morgan fingerprint density at radius 3 is 2.57 bits per heavy atom. The second kappa shape index (κ2) is 3.73. The minimum Gasteiger partial charge on any atom is -0.478 e. The molecule has 0 aliphatic heterocycles. The zero-order valence-corrected chi connectivity index (χ0v) is 7.31. The predicted octanol–water partition coefficient (Wildman–Crippen LogP) is 0.596. The molecule has 3 N–H and O–H groups in total. The third kappa shape index (κ3) is 2.19. The lowest BCUT2D eigenvalue weighted by atomic mass is 10.2. The normalized spacial score (nSPS) is 11.4. The summed E-state index contributed by atoms with van der Waals surface area (Å²) in [6, 6.07) is 1.27. The van der Waals surface area contributed by atoms with E-state index in [0.717, 1.165) is 6.08 Å². The van der Waals surface area contributed by atoms with Gasteiger partial charge in [-0.1, -0.05) is 0 Å². The number of hydrogen-bond donors (Lipinski definition) is 3. The number of carboxylic acid groups (broad SMARTS) is 2. The average Bonchev–Trinajstić information content (AvgIpc) is 2.50. The topological polar surface area (TPSA) is 103 Å². The first kappa shape index (κ1) is 9.97. The van der Waals surface area contributed by atoms with Crippen LogP contribution >= 0.6 is 0 Å². The molecule has 0 atom stereocenters. The molecule has 0 spiro atoms. The minimum atomic E-state index is -1.13. The third-order valence-corrected chi connectivity index (χ3v) is 1.55. The van der Waals surface area contributed by atoms with Crippen molar-refractivity contribution in [2.24, 2.45) is 0 Å². The van der Waals surface area contributed by atoms with E-state index >= 15 is 0 Å². The van der Waals surface area contributed by atoms with Crippen LogP contribution in [0.5, 0.6) is 0 Å². The molecule has 1 heterocycles. The Morgan fingerprint density at radius 2 is 2.14 bits per heavy atom. The number of nitrogens with one attached hydrogen (secondary N) is 1. The summed E-state index contributed by atoms with van der Waals surface area (Å²) in [5.41, 5.74) is 0.629. The van der Waals surface area contributed by atoms with Gasteiger partial charge in [0.1, 0.15) is 5.69 Å². The lowest BCUT2D eigenvalue weighted by molar-refractivity contribution is -0.131. The molecule has 0 bridgehead atoms. The fourth-order valence-electron chi connectivity index (χ4n) is 0.892. The Hall–Kier alpha value is -2.11. The largest absolute Gasteiger partial charge is 0.478 e. The number of rotatable bonds is 3. The van der Waals surface area contributed by atoms with Gasteiger partial charge in [-0.25, -0.2) is 9.59 Å². The molecule has 6 heteroatoms. The van der Waals surface area contributed by atoms with E-state index in [4.69, 9.17) is 10.2 Å². The van der Waals surface area contributed by atoms with Crippen LogP contribution in [0.2, 0.25) is 0 Å². The molecule has 74 valence electrons. The summed E-state index contributed by atoms with van der Waals surface area (Å²) in [6.45, 7) is 1.54. The predicted molar refractivity (Wildman–Crippen MR) is 46.8 cm³/mol. The van der Waals surface area contributed by atoms with Crippen LogP contribution in [0.1, 0.15) is 23.1 Å². The van der Waals surface area contributed by atoms with E-state index < -0.39 is 11.9 Å². The van der Waals surface area contributed by atoms with Gasteiger partial charge in [-0.05, 0) is 18.6 Å². The van der Waals surface area contributed by atoms with Crippen molar-refractivity contribution < 1.29 is 19.8 Å². The fourth-order valence-corrected chi connectivity index (χ4v) is 0.892. The quantitative estimate of drug-likeness (QED) is 0.614. The number of H-pyrrole nitrogens is 1. The van der Waals surface area contributed by atoms with Gasteiger partial charge < -0.3 is 10.2 Å². The minimum absolute atomic E-state index is 0.0712. The highest BCUT2D eigenvalue weighted by atomic mass is 16.4. The lowest BCUT2D eigenvalue weighted by Gasteiger charge is -1.90. The number of aliphatic carboxylic acids is 1. The first-order chi connectivity index (χ1) is 6.50. The molecule has 1 aromatic heterocycles. The van der Waals surface area contributed by atoms with Crippen molar-refractivity contribution in [3.05, 3.63) is 23.5 Å². The number of carbonyl (C=O) groups is 2. The van der Waals surface area contributed by atoms with Gasteiger partial charge in [0.05, 0.1) is 5.69 Å². The standard InChI is InChI=1S/C8H8N2O4/c1-4(2-7(11)12)5-3-6(8(13)14)10-9-5/h2-3H,1H3,(H,9,10)(H,11,12)(H,13,14)/b4-2+. The van der Waals surface area contributed by atoms with E-state index in [1.165, 1.54) is 13.0 Å². The van der Waals surface area contributed by atoms with Gasteiger partial charge >= 0.3 is 11.9 Å². The molecule has 0 radical (unpaired) electrons. The summed E-state index contributed by atoms with van der Waals surface area (Å²) in [6.07, 6.45) is 0.960. The molecule has 0 unspecified atom stereocenters. The molecule has 0 saturated carbocycles. The SMILES string of the molecule is C/C(=C\C(=O)O)c1cc(C(=O)O)[nH]n1. The summed E-state index contributed by atoms with van der Waals surface area (Å²) in [5.74, 6) is -2.23. The molecule has 0 aliphatic carbocycles. The van der Waals surface area contributed by atoms with Crippen LogP contribution in [0.3, 0.4) is 0 Å². The zero-order valence-electron chi connectivity index (χ0n) is 7.31. The molecule has 1 aromatic rings. The Balaban J connectivity index is 2.97. The first-order valence-corrected chi connectivity index (χ1v) is 3.71. The summed E-state index contributed by atoms with van der Waals surface area (Å²) in [7, 11) is 0. The number of allylic oxidation sites excluding steroid dienone is 1. The third-order valence-electron chi connectivity index (χ3n) is 1.55. The number of carboxylic acids is 2. The van der Waals surface area contributed by atoms with Crippen LogP contribution in [0.15, 0.2) is 12.1 Å². The van der Waals surface area contributed by atoms with Crippen LogP contribution in [0, 0.1) is 0 Å². The van der Waals surface area contributed by atoms with Crippen molar-refractivity contribution in [2.75, 3.05) is 0 Å². The van der Waals surface area contributed by atoms with Gasteiger partial charge in [0.15, 0.2) is 0 Å². The maximum absolute atomic E-state index is 10.5. The second-order valence-electron chi connectivity index (χ2n) is 2.64. The van der Waals surface area contributed by atoms with Gasteiger partial charge in [-0.15, -0.1) is 0 Å². The monoisotopic (exact) mass is 196 g/mol. The highest BCUT2D eigenvalue weighted by Gasteiger charge is 2.08. The summed E-state index contributed by atoms with van der Waals surface area (Å²) in [4.78, 5) is 20.7. The van der Waals surface area contributed by atoms with Crippen molar-refractivity contribution in [1.29, 1.82) is 0 Å². The van der Waals surface area contributed by atoms with Gasteiger partial charge in [0, 0.05) is 6.08 Å². The van der Waals surface area contributed by atoms with Crippen LogP contribution < -0.4 is 0 Å². The van der Waals surface area contributed by atoms with Crippen LogP contribution in [0.25, 0.3) is 5.57 Å². The second-order valence-corrected chi connectivity index (χ2v) is 2.64. The number of hydrogen-bond acceptors (Lipinski definition) is 3. The Bertz CT molecular complexity index is 405. The van der Waals surface area contributed by atoms with Crippen molar-refractivity contribution in [1.82, 2.24) is 10.2 Å². The molecule has 0 fully saturated rings. The Kier molecular flexibility index (Phi) is 2.66. The summed E-state index contributed by atoms with van der Waals surface area (Å²) < 4.78 is 0. The molecule has 0 aromatic carbocycles. The maximum Gasteiger partial charge on any atom is 0.353 e. The number of aromatic nitrogens is 2.